The predicted molar refractivity (Wildman–Crippen MR) is 107 cm³/mol. The molecule has 5 heteroatoms. The van der Waals surface area contributed by atoms with Crippen LogP contribution in [0.3, 0.4) is 0 Å². The molecule has 1 aliphatic heterocycles. The number of halogens is 1. The third-order valence-electron chi connectivity index (χ3n) is 4.89. The first-order valence-corrected chi connectivity index (χ1v) is 9.63. The first-order chi connectivity index (χ1) is 13.6. The van der Waals surface area contributed by atoms with E-state index in [0.717, 1.165) is 18.4 Å². The van der Waals surface area contributed by atoms with Crippen LogP contribution < -0.4 is 9.47 Å². The number of hydrogen-bond donors (Lipinski definition) is 0. The number of esters is 1. The van der Waals surface area contributed by atoms with Crippen LogP contribution in [0.2, 0.25) is 0 Å². The fraction of sp³-hybridized carbons (Fsp3) is 0.348. The topological polar surface area (TPSA) is 38.8 Å². The summed E-state index contributed by atoms with van der Waals surface area (Å²) in [6.45, 7) is 9.56. The van der Waals surface area contributed by atoms with E-state index in [1.165, 1.54) is 0 Å². The molecule has 0 N–H and O–H groups in total. The second-order valence-corrected chi connectivity index (χ2v) is 6.96. The fourth-order valence-electron chi connectivity index (χ4n) is 3.44. The molecule has 4 nitrogen and oxygen atoms in total. The Labute approximate surface area is 165 Å². The molecule has 0 atom stereocenters. The molecule has 0 bridgehead atoms. The highest BCUT2D eigenvalue weighted by Crippen LogP contribution is 2.39. The molecule has 0 unspecified atom stereocenters. The highest BCUT2D eigenvalue weighted by Gasteiger charge is 2.33. The molecular formula is C23H26FNO3. The zero-order valence-corrected chi connectivity index (χ0v) is 16.5. The number of hydrogen-bond acceptors (Lipinski definition) is 4. The monoisotopic (exact) mass is 383 g/mol. The van der Waals surface area contributed by atoms with E-state index in [1.54, 1.807) is 37.3 Å². The Hall–Kier alpha value is -2.66. The first kappa shape index (κ1) is 20.1. The lowest BCUT2D eigenvalue weighted by Gasteiger charge is -2.18. The highest BCUT2D eigenvalue weighted by atomic mass is 19.1. The van der Waals surface area contributed by atoms with Crippen LogP contribution in [0.25, 0.3) is 0 Å². The minimum absolute atomic E-state index is 0.177. The molecule has 0 radical (unpaired) electrons. The van der Waals surface area contributed by atoms with Gasteiger partial charge in [0.05, 0.1) is 6.61 Å². The molecule has 0 saturated carbocycles. The van der Waals surface area contributed by atoms with Crippen molar-refractivity contribution in [2.45, 2.75) is 39.8 Å². The van der Waals surface area contributed by atoms with Gasteiger partial charge in [0.2, 0.25) is 0 Å². The number of ether oxygens (including phenoxy) is 2. The Morgan fingerprint density at radius 2 is 1.96 bits per heavy atom. The highest BCUT2D eigenvalue weighted by molar-refractivity contribution is 5.96. The summed E-state index contributed by atoms with van der Waals surface area (Å²) >= 11 is 0. The molecule has 0 aliphatic carbocycles. The Bertz CT molecular complexity index is 864. The standard InChI is InChI=1S/C23H26FNO3/c1-4-6-13-27-22-19-15-25(12-5-2)14-18(19)21(24)16(3)20(22)23(26)28-17-10-8-7-9-11-17/h5,7-11H,2,4,6,12-15H2,1,3H3. The fourth-order valence-corrected chi connectivity index (χ4v) is 3.44. The molecule has 1 heterocycles. The van der Waals surface area contributed by atoms with E-state index in [4.69, 9.17) is 9.47 Å². The molecule has 0 saturated heterocycles. The van der Waals surface area contributed by atoms with Crippen molar-refractivity contribution in [3.8, 4) is 11.5 Å². The number of rotatable bonds is 8. The van der Waals surface area contributed by atoms with Crippen molar-refractivity contribution in [2.75, 3.05) is 13.2 Å². The predicted octanol–water partition coefficient (Wildman–Crippen LogP) is 5.03. The number of carbonyl (C=O) groups is 1. The van der Waals surface area contributed by atoms with Crippen molar-refractivity contribution in [1.29, 1.82) is 0 Å². The van der Waals surface area contributed by atoms with Gasteiger partial charge >= 0.3 is 5.97 Å². The number of fused-ring (bicyclic) bond motifs is 1. The van der Waals surface area contributed by atoms with Crippen LogP contribution in [0.4, 0.5) is 4.39 Å². The summed E-state index contributed by atoms with van der Waals surface area (Å²) in [4.78, 5) is 15.0. The SMILES string of the molecule is C=CCN1Cc2c(F)c(C)c(C(=O)Oc3ccccc3)c(OCCCC)c2C1. The van der Waals surface area contributed by atoms with Gasteiger partial charge in [-0.05, 0) is 25.5 Å². The van der Waals surface area contributed by atoms with Crippen molar-refractivity contribution in [1.82, 2.24) is 4.90 Å². The lowest BCUT2D eigenvalue weighted by molar-refractivity contribution is 0.0728. The number of unbranched alkanes of at least 4 members (excludes halogenated alkanes) is 1. The number of nitrogens with zero attached hydrogens (tertiary/aromatic N) is 1. The van der Waals surface area contributed by atoms with E-state index in [1.807, 2.05) is 6.07 Å². The number of para-hydroxylation sites is 1. The van der Waals surface area contributed by atoms with Gasteiger partial charge < -0.3 is 9.47 Å². The largest absolute Gasteiger partial charge is 0.492 e. The minimum atomic E-state index is -0.598. The van der Waals surface area contributed by atoms with E-state index in [-0.39, 0.29) is 16.9 Å². The molecule has 0 spiro atoms. The lowest BCUT2D eigenvalue weighted by Crippen LogP contribution is -2.17. The van der Waals surface area contributed by atoms with Crippen LogP contribution >= 0.6 is 0 Å². The summed E-state index contributed by atoms with van der Waals surface area (Å²) in [6, 6.07) is 8.79. The van der Waals surface area contributed by atoms with Gasteiger partial charge in [-0.15, -0.1) is 6.58 Å². The van der Waals surface area contributed by atoms with Gasteiger partial charge in [0, 0.05) is 36.3 Å². The number of carbonyl (C=O) groups excluding carboxylic acids is 1. The second-order valence-electron chi connectivity index (χ2n) is 6.96. The van der Waals surface area contributed by atoms with E-state index in [9.17, 15) is 4.79 Å². The van der Waals surface area contributed by atoms with Crippen LogP contribution in [0, 0.1) is 12.7 Å². The average molecular weight is 383 g/mol. The van der Waals surface area contributed by atoms with E-state index < -0.39 is 5.97 Å². The van der Waals surface area contributed by atoms with Gasteiger partial charge in [0.15, 0.2) is 0 Å². The zero-order valence-electron chi connectivity index (χ0n) is 16.5. The molecule has 2 aromatic carbocycles. The minimum Gasteiger partial charge on any atom is -0.492 e. The first-order valence-electron chi connectivity index (χ1n) is 9.63. The molecule has 1 aliphatic rings. The zero-order chi connectivity index (χ0) is 20.1. The van der Waals surface area contributed by atoms with Crippen molar-refractivity contribution in [2.24, 2.45) is 0 Å². The molecule has 0 fully saturated rings. The molecule has 2 aromatic rings. The van der Waals surface area contributed by atoms with Gasteiger partial charge in [-0.1, -0.05) is 37.6 Å². The summed E-state index contributed by atoms with van der Waals surface area (Å²) in [6.07, 6.45) is 3.61. The number of benzene rings is 2. The molecule has 28 heavy (non-hydrogen) atoms. The van der Waals surface area contributed by atoms with Crippen LogP contribution in [0.15, 0.2) is 43.0 Å². The van der Waals surface area contributed by atoms with Crippen LogP contribution in [-0.4, -0.2) is 24.0 Å². The lowest BCUT2D eigenvalue weighted by atomic mass is 9.98. The van der Waals surface area contributed by atoms with Gasteiger partial charge in [0.25, 0.3) is 0 Å². The average Bonchev–Trinajstić information content (AvgIpc) is 3.11. The second kappa shape index (κ2) is 9.02. The normalized spacial score (nSPS) is 13.2. The van der Waals surface area contributed by atoms with Gasteiger partial charge in [0.1, 0.15) is 22.9 Å². The summed E-state index contributed by atoms with van der Waals surface area (Å²) < 4.78 is 26.7. The summed E-state index contributed by atoms with van der Waals surface area (Å²) in [7, 11) is 0. The summed E-state index contributed by atoms with van der Waals surface area (Å²) in [5.41, 5.74) is 1.78. The van der Waals surface area contributed by atoms with Gasteiger partial charge in [-0.3, -0.25) is 4.90 Å². The molecule has 0 amide bonds. The molecule has 0 aromatic heterocycles. The van der Waals surface area contributed by atoms with Gasteiger partial charge in [-0.25, -0.2) is 9.18 Å². The van der Waals surface area contributed by atoms with E-state index in [0.29, 0.717) is 43.3 Å². The third kappa shape index (κ3) is 4.09. The van der Waals surface area contributed by atoms with Crippen LogP contribution in [0.5, 0.6) is 11.5 Å². The van der Waals surface area contributed by atoms with Crippen molar-refractivity contribution in [3.63, 3.8) is 0 Å². The van der Waals surface area contributed by atoms with Crippen LogP contribution in [0.1, 0.15) is 46.8 Å². The Balaban J connectivity index is 2.02. The maximum absolute atomic E-state index is 15.1. The Morgan fingerprint density at radius 3 is 2.64 bits per heavy atom. The quantitative estimate of drug-likeness (QED) is 0.277. The van der Waals surface area contributed by atoms with E-state index >= 15 is 4.39 Å². The van der Waals surface area contributed by atoms with Crippen molar-refractivity contribution < 1.29 is 18.7 Å². The van der Waals surface area contributed by atoms with Crippen molar-refractivity contribution in [3.05, 3.63) is 71.1 Å². The van der Waals surface area contributed by atoms with E-state index in [2.05, 4.69) is 18.4 Å². The van der Waals surface area contributed by atoms with Gasteiger partial charge in [-0.2, -0.15) is 0 Å². The Morgan fingerprint density at radius 1 is 1.25 bits per heavy atom. The summed E-state index contributed by atoms with van der Waals surface area (Å²) in [5.74, 6) is -0.0843. The van der Waals surface area contributed by atoms with Crippen LogP contribution in [-0.2, 0) is 13.1 Å². The van der Waals surface area contributed by atoms with Crippen molar-refractivity contribution >= 4 is 5.97 Å². The maximum atomic E-state index is 15.1. The summed E-state index contributed by atoms with van der Waals surface area (Å²) in [5, 5.41) is 0. The molecule has 148 valence electrons. The molecular weight excluding hydrogens is 357 g/mol. The smallest absolute Gasteiger partial charge is 0.347 e. The maximum Gasteiger partial charge on any atom is 0.347 e. The molecule has 3 rings (SSSR count). The Kier molecular flexibility index (Phi) is 6.47. The third-order valence-corrected chi connectivity index (χ3v) is 4.89.